The number of aromatic nitrogens is 4. The Morgan fingerprint density at radius 2 is 2.07 bits per heavy atom. The zero-order valence-corrected chi connectivity index (χ0v) is 17.2. The van der Waals surface area contributed by atoms with Gasteiger partial charge in [0.05, 0.1) is 17.0 Å². The number of carbonyl (C=O) groups is 1. The molecule has 0 aliphatic carbocycles. The Bertz CT molecular complexity index is 1160. The first kappa shape index (κ1) is 19.2. The second kappa shape index (κ2) is 8.08. The van der Waals surface area contributed by atoms with E-state index in [1.807, 2.05) is 49.7 Å². The molecule has 0 N–H and O–H groups in total. The standard InChI is InChI=1S/C21H20N4O3S/c1-13-6-7-19-23-16(10-25(19)9-13)11-27-21(26)17-5-4-8-22-20(17)29-12-18-14(2)24-28-15(18)3/h4-10H,11-12H2,1-3H3. The first-order valence-electron chi connectivity index (χ1n) is 9.12. The summed E-state index contributed by atoms with van der Waals surface area (Å²) in [5, 5.41) is 4.58. The molecular weight excluding hydrogens is 388 g/mol. The lowest BCUT2D eigenvalue weighted by atomic mass is 10.2. The van der Waals surface area contributed by atoms with Crippen molar-refractivity contribution in [1.82, 2.24) is 19.5 Å². The van der Waals surface area contributed by atoms with Crippen LogP contribution in [0.15, 0.2) is 52.4 Å². The van der Waals surface area contributed by atoms with Gasteiger partial charge in [0, 0.05) is 29.9 Å². The molecule has 4 aromatic rings. The molecule has 4 aromatic heterocycles. The largest absolute Gasteiger partial charge is 0.455 e. The Hall–Kier alpha value is -3.13. The summed E-state index contributed by atoms with van der Waals surface area (Å²) in [5.41, 5.74) is 4.94. The van der Waals surface area contributed by atoms with Crippen LogP contribution in [0, 0.1) is 20.8 Å². The van der Waals surface area contributed by atoms with Gasteiger partial charge in [-0.15, -0.1) is 11.8 Å². The Morgan fingerprint density at radius 3 is 2.86 bits per heavy atom. The summed E-state index contributed by atoms with van der Waals surface area (Å²) in [6.07, 6.45) is 5.51. The molecule has 0 unspecified atom stereocenters. The molecule has 0 aromatic carbocycles. The van der Waals surface area contributed by atoms with E-state index in [1.54, 1.807) is 18.3 Å². The van der Waals surface area contributed by atoms with Gasteiger partial charge in [-0.05, 0) is 44.5 Å². The number of pyridine rings is 2. The number of thioether (sulfide) groups is 1. The van der Waals surface area contributed by atoms with Crippen LogP contribution in [0.5, 0.6) is 0 Å². The summed E-state index contributed by atoms with van der Waals surface area (Å²) in [4.78, 5) is 21.5. The van der Waals surface area contributed by atoms with Gasteiger partial charge < -0.3 is 13.7 Å². The molecule has 4 rings (SSSR count). The number of carbonyl (C=O) groups excluding carboxylic acids is 1. The van der Waals surface area contributed by atoms with Crippen molar-refractivity contribution in [1.29, 1.82) is 0 Å². The molecule has 0 saturated heterocycles. The number of aryl methyl sites for hydroxylation is 3. The lowest BCUT2D eigenvalue weighted by Crippen LogP contribution is -2.08. The van der Waals surface area contributed by atoms with Crippen LogP contribution in [-0.4, -0.2) is 25.5 Å². The molecule has 0 aliphatic rings. The fourth-order valence-corrected chi connectivity index (χ4v) is 4.09. The van der Waals surface area contributed by atoms with Gasteiger partial charge in [-0.1, -0.05) is 11.2 Å². The summed E-state index contributed by atoms with van der Waals surface area (Å²) in [6, 6.07) is 7.38. The highest BCUT2D eigenvalue weighted by atomic mass is 32.2. The van der Waals surface area contributed by atoms with Crippen molar-refractivity contribution < 1.29 is 14.1 Å². The van der Waals surface area contributed by atoms with Crippen LogP contribution >= 0.6 is 11.8 Å². The van der Waals surface area contributed by atoms with E-state index in [0.717, 1.165) is 28.2 Å². The van der Waals surface area contributed by atoms with Crippen molar-refractivity contribution in [3.05, 3.63) is 76.7 Å². The predicted molar refractivity (Wildman–Crippen MR) is 109 cm³/mol. The second-order valence-corrected chi connectivity index (χ2v) is 7.69. The molecule has 0 fully saturated rings. The summed E-state index contributed by atoms with van der Waals surface area (Å²) in [7, 11) is 0. The highest BCUT2D eigenvalue weighted by Crippen LogP contribution is 2.27. The second-order valence-electron chi connectivity index (χ2n) is 6.73. The lowest BCUT2D eigenvalue weighted by molar-refractivity contribution is 0.0463. The van der Waals surface area contributed by atoms with Gasteiger partial charge in [-0.3, -0.25) is 0 Å². The molecule has 8 heteroatoms. The van der Waals surface area contributed by atoms with Gasteiger partial charge in [0.2, 0.25) is 0 Å². The van der Waals surface area contributed by atoms with Crippen molar-refractivity contribution in [3.8, 4) is 0 Å². The topological polar surface area (TPSA) is 82.5 Å². The first-order chi connectivity index (χ1) is 14.0. The van der Waals surface area contributed by atoms with Crippen molar-refractivity contribution in [3.63, 3.8) is 0 Å². The van der Waals surface area contributed by atoms with E-state index in [-0.39, 0.29) is 6.61 Å². The third kappa shape index (κ3) is 4.17. The zero-order valence-electron chi connectivity index (χ0n) is 16.4. The quantitative estimate of drug-likeness (QED) is 0.348. The molecule has 0 bridgehead atoms. The number of hydrogen-bond acceptors (Lipinski definition) is 7. The van der Waals surface area contributed by atoms with E-state index in [4.69, 9.17) is 9.26 Å². The predicted octanol–water partition coefficient (Wildman–Crippen LogP) is 4.29. The van der Waals surface area contributed by atoms with Crippen molar-refractivity contribution in [2.75, 3.05) is 0 Å². The minimum atomic E-state index is -0.424. The summed E-state index contributed by atoms with van der Waals surface area (Å²) < 4.78 is 12.6. The van der Waals surface area contributed by atoms with Crippen LogP contribution in [0.2, 0.25) is 0 Å². The van der Waals surface area contributed by atoms with Gasteiger partial charge in [-0.2, -0.15) is 0 Å². The fourth-order valence-electron chi connectivity index (χ4n) is 2.95. The molecule has 29 heavy (non-hydrogen) atoms. The third-order valence-electron chi connectivity index (χ3n) is 4.53. The number of esters is 1. The van der Waals surface area contributed by atoms with E-state index in [2.05, 4.69) is 15.1 Å². The number of ether oxygens (including phenoxy) is 1. The fraction of sp³-hybridized carbons (Fsp3) is 0.238. The minimum absolute atomic E-state index is 0.0996. The Labute approximate surface area is 172 Å². The normalized spacial score (nSPS) is 11.1. The van der Waals surface area contributed by atoms with Crippen LogP contribution < -0.4 is 0 Å². The Kier molecular flexibility index (Phi) is 5.35. The van der Waals surface area contributed by atoms with Crippen molar-refractivity contribution in [2.45, 2.75) is 38.2 Å². The average molecular weight is 408 g/mol. The van der Waals surface area contributed by atoms with E-state index in [9.17, 15) is 4.79 Å². The Morgan fingerprint density at radius 1 is 1.21 bits per heavy atom. The van der Waals surface area contributed by atoms with Crippen molar-refractivity contribution in [2.24, 2.45) is 0 Å². The summed E-state index contributed by atoms with van der Waals surface area (Å²) in [5.74, 6) is 0.967. The number of fused-ring (bicyclic) bond motifs is 1. The molecule has 7 nitrogen and oxygen atoms in total. The van der Waals surface area contributed by atoms with E-state index < -0.39 is 5.97 Å². The van der Waals surface area contributed by atoms with Gasteiger partial charge in [0.1, 0.15) is 23.0 Å². The molecule has 0 radical (unpaired) electrons. The smallest absolute Gasteiger partial charge is 0.341 e. The molecule has 0 atom stereocenters. The molecule has 0 spiro atoms. The van der Waals surface area contributed by atoms with E-state index in [0.29, 0.717) is 22.0 Å². The van der Waals surface area contributed by atoms with Crippen LogP contribution in [0.1, 0.15) is 38.6 Å². The molecule has 4 heterocycles. The van der Waals surface area contributed by atoms with Crippen LogP contribution in [0.25, 0.3) is 5.65 Å². The van der Waals surface area contributed by atoms with E-state index in [1.165, 1.54) is 11.8 Å². The maximum Gasteiger partial charge on any atom is 0.341 e. The highest BCUT2D eigenvalue weighted by Gasteiger charge is 2.17. The van der Waals surface area contributed by atoms with Crippen LogP contribution in [0.4, 0.5) is 0 Å². The van der Waals surface area contributed by atoms with Gasteiger partial charge in [0.25, 0.3) is 0 Å². The van der Waals surface area contributed by atoms with E-state index >= 15 is 0 Å². The summed E-state index contributed by atoms with van der Waals surface area (Å²) >= 11 is 1.46. The maximum absolute atomic E-state index is 12.7. The van der Waals surface area contributed by atoms with Crippen LogP contribution in [0.3, 0.4) is 0 Å². The van der Waals surface area contributed by atoms with Gasteiger partial charge >= 0.3 is 5.97 Å². The Balaban J connectivity index is 1.45. The molecule has 0 aliphatic heterocycles. The lowest BCUT2D eigenvalue weighted by Gasteiger charge is -2.07. The zero-order chi connectivity index (χ0) is 20.4. The number of hydrogen-bond donors (Lipinski definition) is 0. The maximum atomic E-state index is 12.7. The number of imidazole rings is 1. The third-order valence-corrected chi connectivity index (χ3v) is 5.56. The highest BCUT2D eigenvalue weighted by molar-refractivity contribution is 7.98. The molecular formula is C21H20N4O3S. The minimum Gasteiger partial charge on any atom is -0.455 e. The van der Waals surface area contributed by atoms with Crippen molar-refractivity contribution >= 4 is 23.4 Å². The monoisotopic (exact) mass is 408 g/mol. The first-order valence-corrected chi connectivity index (χ1v) is 10.1. The molecule has 148 valence electrons. The summed E-state index contributed by atoms with van der Waals surface area (Å²) in [6.45, 7) is 5.89. The number of nitrogens with zero attached hydrogens (tertiary/aromatic N) is 4. The SMILES string of the molecule is Cc1ccc2nc(COC(=O)c3cccnc3SCc3c(C)noc3C)cn2c1. The van der Waals surface area contributed by atoms with Crippen LogP contribution in [-0.2, 0) is 17.1 Å². The van der Waals surface area contributed by atoms with Gasteiger partial charge in [-0.25, -0.2) is 14.8 Å². The number of rotatable bonds is 6. The molecule has 0 saturated carbocycles. The molecule has 0 amide bonds. The average Bonchev–Trinajstić information content (AvgIpc) is 3.26. The van der Waals surface area contributed by atoms with Gasteiger partial charge in [0.15, 0.2) is 0 Å².